The summed E-state index contributed by atoms with van der Waals surface area (Å²) in [6.45, 7) is 6.47. The van der Waals surface area contributed by atoms with Crippen LogP contribution in [0, 0.1) is 0 Å². The molecule has 6 nitrogen and oxygen atoms in total. The highest BCUT2D eigenvalue weighted by molar-refractivity contribution is 5.71. The molecule has 0 unspecified atom stereocenters. The summed E-state index contributed by atoms with van der Waals surface area (Å²) in [6, 6.07) is 0. The van der Waals surface area contributed by atoms with E-state index in [1.165, 1.54) is 116 Å². The van der Waals surface area contributed by atoms with Crippen LogP contribution >= 0.6 is 0 Å². The third-order valence-corrected chi connectivity index (χ3v) is 12.6. The van der Waals surface area contributed by atoms with Crippen LogP contribution < -0.4 is 0 Å². The number of unbranched alkanes of at least 4 members (excludes halogenated alkanes) is 26. The molecule has 71 heavy (non-hydrogen) atoms. The van der Waals surface area contributed by atoms with Gasteiger partial charge in [-0.15, -0.1) is 0 Å². The van der Waals surface area contributed by atoms with Gasteiger partial charge in [0.2, 0.25) is 0 Å². The minimum Gasteiger partial charge on any atom is -0.462 e. The van der Waals surface area contributed by atoms with Crippen molar-refractivity contribution in [2.75, 3.05) is 13.2 Å². The molecule has 0 aliphatic rings. The van der Waals surface area contributed by atoms with E-state index in [1.807, 2.05) is 0 Å². The van der Waals surface area contributed by atoms with Gasteiger partial charge >= 0.3 is 17.9 Å². The van der Waals surface area contributed by atoms with Crippen LogP contribution in [0.5, 0.6) is 0 Å². The van der Waals surface area contributed by atoms with E-state index in [0.717, 1.165) is 122 Å². The average Bonchev–Trinajstić information content (AvgIpc) is 3.37. The molecule has 0 saturated heterocycles. The summed E-state index contributed by atoms with van der Waals surface area (Å²) in [4.78, 5) is 38.2. The van der Waals surface area contributed by atoms with Gasteiger partial charge in [-0.3, -0.25) is 14.4 Å². The molecule has 0 fully saturated rings. The van der Waals surface area contributed by atoms with E-state index < -0.39 is 6.10 Å². The quantitative estimate of drug-likeness (QED) is 0.0261. The topological polar surface area (TPSA) is 78.9 Å². The van der Waals surface area contributed by atoms with Crippen molar-refractivity contribution < 1.29 is 28.6 Å². The van der Waals surface area contributed by atoms with Crippen LogP contribution in [-0.2, 0) is 28.6 Å². The maximum atomic E-state index is 12.9. The minimum absolute atomic E-state index is 0.0965. The average molecular weight is 988 g/mol. The molecule has 0 saturated carbocycles. The largest absolute Gasteiger partial charge is 0.462 e. The number of hydrogen-bond donors (Lipinski definition) is 0. The molecule has 0 aromatic rings. The van der Waals surface area contributed by atoms with Crippen LogP contribution in [0.1, 0.15) is 278 Å². The first-order chi connectivity index (χ1) is 35.0. The zero-order chi connectivity index (χ0) is 51.4. The summed E-state index contributed by atoms with van der Waals surface area (Å²) < 4.78 is 16.9. The van der Waals surface area contributed by atoms with Crippen molar-refractivity contribution in [1.82, 2.24) is 0 Å². The van der Waals surface area contributed by atoms with Crippen LogP contribution in [0.15, 0.2) is 97.2 Å². The van der Waals surface area contributed by atoms with Gasteiger partial charge in [-0.05, 0) is 103 Å². The lowest BCUT2D eigenvalue weighted by Crippen LogP contribution is -2.30. The van der Waals surface area contributed by atoms with Gasteiger partial charge in [0.15, 0.2) is 6.10 Å². The van der Waals surface area contributed by atoms with Crippen molar-refractivity contribution >= 4 is 17.9 Å². The van der Waals surface area contributed by atoms with Crippen molar-refractivity contribution in [3.05, 3.63) is 97.2 Å². The number of carbonyl (C=O) groups is 3. The highest BCUT2D eigenvalue weighted by atomic mass is 16.6. The number of ether oxygens (including phenoxy) is 3. The summed E-state index contributed by atoms with van der Waals surface area (Å²) >= 11 is 0. The first kappa shape index (κ1) is 67.3. The van der Waals surface area contributed by atoms with Gasteiger partial charge in [-0.2, -0.15) is 0 Å². The van der Waals surface area contributed by atoms with Gasteiger partial charge in [0.05, 0.1) is 0 Å². The van der Waals surface area contributed by atoms with E-state index in [0.29, 0.717) is 19.3 Å². The predicted octanol–water partition coefficient (Wildman–Crippen LogP) is 20.1. The van der Waals surface area contributed by atoms with Crippen molar-refractivity contribution in [2.45, 2.75) is 284 Å². The van der Waals surface area contributed by atoms with E-state index >= 15 is 0 Å². The molecule has 1 atom stereocenters. The molecule has 0 heterocycles. The predicted molar refractivity (Wildman–Crippen MR) is 307 cm³/mol. The maximum absolute atomic E-state index is 12.9. The lowest BCUT2D eigenvalue weighted by Gasteiger charge is -2.18. The molecule has 0 amide bonds. The standard InChI is InChI=1S/C65H110O6/c1-4-7-10-13-16-19-22-25-28-31-32-35-37-40-43-46-49-52-55-58-64(67)70-61-62(71-65(68)59-56-53-50-47-44-41-38-34-30-27-24-21-18-15-12-9-6-3)60-69-63(66)57-54-51-48-45-42-39-36-33-29-26-23-20-17-14-11-8-5-2/h9,12,16,18-19,21,25,27-28,30,32,35,38,40-41,43,62H,4-8,10-11,13-15,17,20,22-24,26,29,31,33-34,36-37,39,42,44-61H2,1-3H3/b12-9-,19-16-,21-18-,28-25-,30-27-,35-32-,41-38-,43-40-/t62-/m0/s1. The summed E-state index contributed by atoms with van der Waals surface area (Å²) in [6.07, 6.45) is 78.2. The fraction of sp³-hybridized carbons (Fsp3) is 0.708. The van der Waals surface area contributed by atoms with Crippen molar-refractivity contribution in [3.63, 3.8) is 0 Å². The summed E-state index contributed by atoms with van der Waals surface area (Å²) in [5.41, 5.74) is 0. The second kappa shape index (κ2) is 58.9. The van der Waals surface area contributed by atoms with Crippen LogP contribution in [-0.4, -0.2) is 37.2 Å². The Morgan fingerprint density at radius 3 is 0.901 bits per heavy atom. The number of hydrogen-bond acceptors (Lipinski definition) is 6. The Kier molecular flexibility index (Phi) is 55.9. The molecule has 0 aliphatic heterocycles. The molecule has 6 heteroatoms. The van der Waals surface area contributed by atoms with Gasteiger partial charge in [0.1, 0.15) is 13.2 Å². The zero-order valence-corrected chi connectivity index (χ0v) is 46.5. The molecule has 0 aromatic carbocycles. The number of carbonyl (C=O) groups excluding carboxylic acids is 3. The Labute approximate surface area is 438 Å². The van der Waals surface area contributed by atoms with Crippen LogP contribution in [0.25, 0.3) is 0 Å². The van der Waals surface area contributed by atoms with E-state index in [1.54, 1.807) is 0 Å². The molecular formula is C65H110O6. The molecule has 0 N–H and O–H groups in total. The van der Waals surface area contributed by atoms with Crippen LogP contribution in [0.4, 0.5) is 0 Å². The van der Waals surface area contributed by atoms with Crippen LogP contribution in [0.2, 0.25) is 0 Å². The highest BCUT2D eigenvalue weighted by Gasteiger charge is 2.19. The SMILES string of the molecule is CC/C=C\C/C=C\C/C=C\C/C=C\CCCCCCC(=O)O[C@H](COC(=O)CCCCC/C=C\C/C=C\C/C=C\C/C=C\CCCCC)COC(=O)CCCCCCCCCCCCCCCCCCC. The van der Waals surface area contributed by atoms with Gasteiger partial charge in [0.25, 0.3) is 0 Å². The summed E-state index contributed by atoms with van der Waals surface area (Å²) in [5.74, 6) is -0.946. The Bertz CT molecular complexity index is 1410. The third-order valence-electron chi connectivity index (χ3n) is 12.6. The van der Waals surface area contributed by atoms with E-state index in [2.05, 4.69) is 118 Å². The van der Waals surface area contributed by atoms with Gasteiger partial charge in [0, 0.05) is 19.3 Å². The Hall–Kier alpha value is -3.67. The first-order valence-electron chi connectivity index (χ1n) is 29.7. The third kappa shape index (κ3) is 57.1. The number of esters is 3. The molecule has 0 aromatic heterocycles. The summed E-state index contributed by atoms with van der Waals surface area (Å²) in [7, 11) is 0. The molecule has 0 aliphatic carbocycles. The monoisotopic (exact) mass is 987 g/mol. The minimum atomic E-state index is -0.804. The van der Waals surface area contributed by atoms with Crippen molar-refractivity contribution in [1.29, 1.82) is 0 Å². The highest BCUT2D eigenvalue weighted by Crippen LogP contribution is 2.16. The zero-order valence-electron chi connectivity index (χ0n) is 46.5. The lowest BCUT2D eigenvalue weighted by atomic mass is 10.0. The number of allylic oxidation sites excluding steroid dienone is 16. The molecule has 0 bridgehead atoms. The smallest absolute Gasteiger partial charge is 0.306 e. The normalized spacial score (nSPS) is 12.8. The van der Waals surface area contributed by atoms with Crippen molar-refractivity contribution in [2.24, 2.45) is 0 Å². The van der Waals surface area contributed by atoms with Gasteiger partial charge < -0.3 is 14.2 Å². The Morgan fingerprint density at radius 1 is 0.296 bits per heavy atom. The molecule has 0 rings (SSSR count). The molecule has 0 spiro atoms. The number of rotatable bonds is 53. The maximum Gasteiger partial charge on any atom is 0.306 e. The van der Waals surface area contributed by atoms with Gasteiger partial charge in [-0.1, -0.05) is 253 Å². The fourth-order valence-electron chi connectivity index (χ4n) is 8.12. The summed E-state index contributed by atoms with van der Waals surface area (Å²) in [5, 5.41) is 0. The van der Waals surface area contributed by atoms with E-state index in [9.17, 15) is 14.4 Å². The first-order valence-corrected chi connectivity index (χ1v) is 29.7. The lowest BCUT2D eigenvalue weighted by molar-refractivity contribution is -0.167. The molecular weight excluding hydrogens is 877 g/mol. The Morgan fingerprint density at radius 2 is 0.549 bits per heavy atom. The molecule has 0 radical (unpaired) electrons. The molecule has 406 valence electrons. The Balaban J connectivity index is 4.48. The fourth-order valence-corrected chi connectivity index (χ4v) is 8.12. The second-order valence-corrected chi connectivity index (χ2v) is 19.5. The van der Waals surface area contributed by atoms with E-state index in [4.69, 9.17) is 14.2 Å². The van der Waals surface area contributed by atoms with Crippen LogP contribution in [0.3, 0.4) is 0 Å². The second-order valence-electron chi connectivity index (χ2n) is 19.5. The van der Waals surface area contributed by atoms with Gasteiger partial charge in [-0.25, -0.2) is 0 Å². The van der Waals surface area contributed by atoms with Crippen molar-refractivity contribution in [3.8, 4) is 0 Å². The van der Waals surface area contributed by atoms with E-state index in [-0.39, 0.29) is 31.1 Å².